The maximum Gasteiger partial charge on any atom is 0.156 e. The largest absolute Gasteiger partial charge is 0.488 e. The highest BCUT2D eigenvalue weighted by atomic mass is 35.5. The minimum Gasteiger partial charge on any atom is -0.488 e. The fourth-order valence-corrected chi connectivity index (χ4v) is 2.31. The summed E-state index contributed by atoms with van der Waals surface area (Å²) in [4.78, 5) is 0. The van der Waals surface area contributed by atoms with Crippen molar-refractivity contribution in [3.05, 3.63) is 46.2 Å². The summed E-state index contributed by atoms with van der Waals surface area (Å²) in [6.07, 6.45) is 3.03. The first-order chi connectivity index (χ1) is 10.1. The van der Waals surface area contributed by atoms with Crippen LogP contribution in [0, 0.1) is 0 Å². The molecule has 0 aliphatic heterocycles. The Kier molecular flexibility index (Phi) is 5.87. The molecule has 0 saturated heterocycles. The quantitative estimate of drug-likeness (QED) is 0.818. The number of nitrogens with zero attached hydrogens (tertiary/aromatic N) is 2. The number of hydrogen-bond acceptors (Lipinski definition) is 4. The van der Waals surface area contributed by atoms with Crippen molar-refractivity contribution in [1.29, 1.82) is 0 Å². The second-order valence-electron chi connectivity index (χ2n) is 4.67. The number of rotatable bonds is 7. The summed E-state index contributed by atoms with van der Waals surface area (Å²) < 4.78 is 7.20. The van der Waals surface area contributed by atoms with Gasteiger partial charge in [0.1, 0.15) is 12.7 Å². The van der Waals surface area contributed by atoms with Crippen LogP contribution in [0.1, 0.15) is 5.56 Å². The number of ether oxygens (including phenoxy) is 1. The molecule has 0 spiro atoms. The summed E-state index contributed by atoms with van der Waals surface area (Å²) in [6, 6.07) is 5.12. The monoisotopic (exact) mass is 329 g/mol. The van der Waals surface area contributed by atoms with E-state index in [9.17, 15) is 5.11 Å². The molecule has 2 rings (SSSR count). The number of hydrogen-bond donors (Lipinski definition) is 2. The molecule has 0 fully saturated rings. The smallest absolute Gasteiger partial charge is 0.156 e. The second-order valence-corrected chi connectivity index (χ2v) is 5.48. The van der Waals surface area contributed by atoms with E-state index >= 15 is 0 Å². The predicted octanol–water partition coefficient (Wildman–Crippen LogP) is 2.26. The average molecular weight is 330 g/mol. The molecule has 0 aliphatic rings. The van der Waals surface area contributed by atoms with Crippen molar-refractivity contribution >= 4 is 23.2 Å². The number of aliphatic hydroxyl groups excluding tert-OH is 1. The number of benzene rings is 1. The Labute approximate surface area is 133 Å². The number of para-hydroxylation sites is 1. The van der Waals surface area contributed by atoms with Crippen LogP contribution < -0.4 is 10.1 Å². The molecule has 2 aromatic rings. The number of aliphatic hydroxyl groups is 1. The van der Waals surface area contributed by atoms with E-state index in [0.29, 0.717) is 28.9 Å². The van der Waals surface area contributed by atoms with Crippen molar-refractivity contribution in [2.45, 2.75) is 12.6 Å². The van der Waals surface area contributed by atoms with Crippen molar-refractivity contribution in [2.75, 3.05) is 13.2 Å². The van der Waals surface area contributed by atoms with E-state index in [1.165, 1.54) is 0 Å². The van der Waals surface area contributed by atoms with Crippen LogP contribution in [0.4, 0.5) is 0 Å². The first-order valence-electron chi connectivity index (χ1n) is 6.49. The van der Waals surface area contributed by atoms with Gasteiger partial charge >= 0.3 is 0 Å². The highest BCUT2D eigenvalue weighted by molar-refractivity contribution is 6.37. The van der Waals surface area contributed by atoms with E-state index in [1.807, 2.05) is 13.2 Å². The number of aromatic nitrogens is 2. The van der Waals surface area contributed by atoms with Crippen LogP contribution in [0.5, 0.6) is 5.75 Å². The molecule has 5 nitrogen and oxygen atoms in total. The average Bonchev–Trinajstić information content (AvgIpc) is 2.84. The highest BCUT2D eigenvalue weighted by Gasteiger charge is 2.10. The van der Waals surface area contributed by atoms with Crippen LogP contribution in [-0.2, 0) is 13.6 Å². The van der Waals surface area contributed by atoms with Gasteiger partial charge in [0.05, 0.1) is 16.2 Å². The Morgan fingerprint density at radius 1 is 1.38 bits per heavy atom. The van der Waals surface area contributed by atoms with Gasteiger partial charge < -0.3 is 15.2 Å². The lowest BCUT2D eigenvalue weighted by Crippen LogP contribution is -2.31. The van der Waals surface area contributed by atoms with Gasteiger partial charge in [-0.2, -0.15) is 5.10 Å². The summed E-state index contributed by atoms with van der Waals surface area (Å²) >= 11 is 12.0. The van der Waals surface area contributed by atoms with Gasteiger partial charge in [0.25, 0.3) is 0 Å². The van der Waals surface area contributed by atoms with Gasteiger partial charge in [-0.1, -0.05) is 29.3 Å². The Morgan fingerprint density at radius 2 is 2.10 bits per heavy atom. The molecule has 21 heavy (non-hydrogen) atoms. The van der Waals surface area contributed by atoms with E-state index in [-0.39, 0.29) is 6.61 Å². The van der Waals surface area contributed by atoms with Gasteiger partial charge in [0, 0.05) is 31.9 Å². The third kappa shape index (κ3) is 4.89. The summed E-state index contributed by atoms with van der Waals surface area (Å²) in [5, 5.41) is 17.9. The normalized spacial score (nSPS) is 12.4. The highest BCUT2D eigenvalue weighted by Crippen LogP contribution is 2.32. The van der Waals surface area contributed by atoms with Crippen molar-refractivity contribution < 1.29 is 9.84 Å². The van der Waals surface area contributed by atoms with Crippen LogP contribution in [0.15, 0.2) is 30.6 Å². The predicted molar refractivity (Wildman–Crippen MR) is 82.9 cm³/mol. The van der Waals surface area contributed by atoms with E-state index in [0.717, 1.165) is 5.56 Å². The molecule has 1 unspecified atom stereocenters. The maximum atomic E-state index is 9.88. The number of aryl methyl sites for hydroxylation is 1. The van der Waals surface area contributed by atoms with E-state index in [4.69, 9.17) is 27.9 Å². The number of nitrogens with one attached hydrogen (secondary N) is 1. The molecule has 0 bridgehead atoms. The third-order valence-electron chi connectivity index (χ3n) is 2.81. The van der Waals surface area contributed by atoms with Crippen LogP contribution in [0.25, 0.3) is 0 Å². The van der Waals surface area contributed by atoms with Crippen LogP contribution >= 0.6 is 23.2 Å². The molecule has 1 aromatic heterocycles. The zero-order chi connectivity index (χ0) is 15.2. The van der Waals surface area contributed by atoms with Gasteiger partial charge in [0.15, 0.2) is 5.75 Å². The van der Waals surface area contributed by atoms with Gasteiger partial charge in [-0.05, 0) is 12.1 Å². The summed E-state index contributed by atoms with van der Waals surface area (Å²) in [7, 11) is 1.86. The Morgan fingerprint density at radius 3 is 2.71 bits per heavy atom. The molecular formula is C14H17Cl2N3O2. The Bertz CT molecular complexity index is 569. The van der Waals surface area contributed by atoms with E-state index < -0.39 is 6.10 Å². The molecular weight excluding hydrogens is 313 g/mol. The fraction of sp³-hybridized carbons (Fsp3) is 0.357. The van der Waals surface area contributed by atoms with Crippen LogP contribution in [-0.4, -0.2) is 34.1 Å². The van der Waals surface area contributed by atoms with E-state index in [2.05, 4.69) is 10.4 Å². The SMILES string of the molecule is Cn1cc(CNCC(O)COc2c(Cl)cccc2Cl)cn1. The summed E-state index contributed by atoms with van der Waals surface area (Å²) in [6.45, 7) is 1.15. The zero-order valence-electron chi connectivity index (χ0n) is 11.6. The fourth-order valence-electron chi connectivity index (χ4n) is 1.81. The van der Waals surface area contributed by atoms with Gasteiger partial charge in [-0.3, -0.25) is 4.68 Å². The molecule has 2 N–H and O–H groups in total. The molecule has 0 radical (unpaired) electrons. The lowest BCUT2D eigenvalue weighted by Gasteiger charge is -2.14. The first-order valence-corrected chi connectivity index (χ1v) is 7.25. The molecule has 0 saturated carbocycles. The molecule has 0 aliphatic carbocycles. The molecule has 0 amide bonds. The van der Waals surface area contributed by atoms with Crippen molar-refractivity contribution in [3.8, 4) is 5.75 Å². The number of halogens is 2. The minimum absolute atomic E-state index is 0.115. The van der Waals surface area contributed by atoms with Crippen LogP contribution in [0.2, 0.25) is 10.0 Å². The second kappa shape index (κ2) is 7.66. The first kappa shape index (κ1) is 16.1. The molecule has 1 aromatic carbocycles. The maximum absolute atomic E-state index is 9.88. The summed E-state index contributed by atoms with van der Waals surface area (Å²) in [5.74, 6) is 0.396. The summed E-state index contributed by atoms with van der Waals surface area (Å²) in [5.41, 5.74) is 1.06. The zero-order valence-corrected chi connectivity index (χ0v) is 13.1. The third-order valence-corrected chi connectivity index (χ3v) is 3.40. The van der Waals surface area contributed by atoms with Gasteiger partial charge in [-0.25, -0.2) is 0 Å². The Hall–Kier alpha value is -1.27. The topological polar surface area (TPSA) is 59.3 Å². The van der Waals surface area contributed by atoms with Crippen LogP contribution in [0.3, 0.4) is 0 Å². The molecule has 1 atom stereocenters. The van der Waals surface area contributed by atoms with Crippen molar-refractivity contribution in [3.63, 3.8) is 0 Å². The van der Waals surface area contributed by atoms with Gasteiger partial charge in [-0.15, -0.1) is 0 Å². The lowest BCUT2D eigenvalue weighted by atomic mass is 10.3. The van der Waals surface area contributed by atoms with Gasteiger partial charge in [0.2, 0.25) is 0 Å². The standard InChI is InChI=1S/C14H17Cl2N3O2/c1-19-8-10(6-18-19)5-17-7-11(20)9-21-14-12(15)3-2-4-13(14)16/h2-4,6,8,11,17,20H,5,7,9H2,1H3. The van der Waals surface area contributed by atoms with Crippen molar-refractivity contribution in [1.82, 2.24) is 15.1 Å². The minimum atomic E-state index is -0.658. The molecule has 114 valence electrons. The molecule has 1 heterocycles. The molecule has 7 heteroatoms. The lowest BCUT2D eigenvalue weighted by molar-refractivity contribution is 0.106. The van der Waals surface area contributed by atoms with Crippen molar-refractivity contribution in [2.24, 2.45) is 7.05 Å². The Balaban J connectivity index is 1.73. The van der Waals surface area contributed by atoms with E-state index in [1.54, 1.807) is 29.1 Å².